The van der Waals surface area contributed by atoms with Crippen LogP contribution >= 0.6 is 12.4 Å². The summed E-state index contributed by atoms with van der Waals surface area (Å²) in [6.07, 6.45) is 2.60. The molecule has 6 nitrogen and oxygen atoms in total. The summed E-state index contributed by atoms with van der Waals surface area (Å²) >= 11 is 0. The van der Waals surface area contributed by atoms with Crippen molar-refractivity contribution in [1.82, 2.24) is 15.1 Å². The molecule has 3 N–H and O–H groups in total. The average molecular weight is 381 g/mol. The van der Waals surface area contributed by atoms with Crippen molar-refractivity contribution < 1.29 is 9.53 Å². The van der Waals surface area contributed by atoms with E-state index in [2.05, 4.69) is 10.4 Å². The number of rotatable bonds is 8. The Hall–Kier alpha value is -2.05. The number of ether oxygens (including phenoxy) is 1. The van der Waals surface area contributed by atoms with Crippen LogP contribution in [-0.4, -0.2) is 34.4 Å². The Morgan fingerprint density at radius 1 is 1.35 bits per heavy atom. The van der Waals surface area contributed by atoms with Gasteiger partial charge in [0.15, 0.2) is 11.4 Å². The molecule has 1 aromatic carbocycles. The zero-order valence-corrected chi connectivity index (χ0v) is 16.7. The van der Waals surface area contributed by atoms with Crippen LogP contribution in [0.5, 0.6) is 5.75 Å². The molecule has 0 saturated carbocycles. The standard InChI is InChI=1S/C19H28N4O2.ClH/c1-5-11-25-16-12-23(15-9-7-6-8-10-15)22-17(16)18(24)21-19(4,13-20)14(2)3;/h6-10,12,14H,5,11,13,20H2,1-4H3,(H,21,24);1H. The van der Waals surface area contributed by atoms with Crippen LogP contribution in [0.1, 0.15) is 44.6 Å². The summed E-state index contributed by atoms with van der Waals surface area (Å²) in [5, 5.41) is 7.47. The second-order valence-corrected chi connectivity index (χ2v) is 6.70. The highest BCUT2D eigenvalue weighted by molar-refractivity contribution is 5.95. The highest BCUT2D eigenvalue weighted by Gasteiger charge is 2.31. The van der Waals surface area contributed by atoms with Gasteiger partial charge in [-0.05, 0) is 31.4 Å². The largest absolute Gasteiger partial charge is 0.489 e. The zero-order valence-electron chi connectivity index (χ0n) is 15.9. The van der Waals surface area contributed by atoms with E-state index in [9.17, 15) is 4.79 Å². The lowest BCUT2D eigenvalue weighted by molar-refractivity contribution is 0.0873. The van der Waals surface area contributed by atoms with E-state index in [1.807, 2.05) is 58.0 Å². The molecule has 0 saturated heterocycles. The van der Waals surface area contributed by atoms with Crippen LogP contribution in [0.25, 0.3) is 5.69 Å². The van der Waals surface area contributed by atoms with Crippen LogP contribution in [0.15, 0.2) is 36.5 Å². The van der Waals surface area contributed by atoms with Gasteiger partial charge in [0.05, 0.1) is 24.0 Å². The first-order valence-corrected chi connectivity index (χ1v) is 8.71. The number of carbonyl (C=O) groups excluding carboxylic acids is 1. The van der Waals surface area contributed by atoms with Crippen LogP contribution in [0, 0.1) is 5.92 Å². The van der Waals surface area contributed by atoms with E-state index in [1.165, 1.54) is 0 Å². The number of nitrogens with two attached hydrogens (primary N) is 1. The van der Waals surface area contributed by atoms with Gasteiger partial charge in [0.2, 0.25) is 0 Å². The lowest BCUT2D eigenvalue weighted by Crippen LogP contribution is -2.55. The molecule has 2 aromatic rings. The van der Waals surface area contributed by atoms with Crippen LogP contribution in [0.4, 0.5) is 0 Å². The summed E-state index contributed by atoms with van der Waals surface area (Å²) in [4.78, 5) is 12.8. The maximum atomic E-state index is 12.8. The molecule has 1 heterocycles. The topological polar surface area (TPSA) is 82.2 Å². The van der Waals surface area contributed by atoms with Gasteiger partial charge in [-0.2, -0.15) is 5.10 Å². The third-order valence-electron chi connectivity index (χ3n) is 4.48. The van der Waals surface area contributed by atoms with E-state index in [1.54, 1.807) is 10.9 Å². The molecule has 7 heteroatoms. The van der Waals surface area contributed by atoms with Gasteiger partial charge in [-0.3, -0.25) is 4.79 Å². The first-order valence-electron chi connectivity index (χ1n) is 8.71. The second kappa shape index (κ2) is 9.59. The summed E-state index contributed by atoms with van der Waals surface area (Å²) in [5.74, 6) is 0.395. The molecule has 26 heavy (non-hydrogen) atoms. The lowest BCUT2D eigenvalue weighted by atomic mass is 9.88. The van der Waals surface area contributed by atoms with Crippen LogP contribution in [0.2, 0.25) is 0 Å². The molecule has 0 radical (unpaired) electrons. The second-order valence-electron chi connectivity index (χ2n) is 6.70. The molecule has 1 amide bonds. The maximum absolute atomic E-state index is 12.8. The summed E-state index contributed by atoms with van der Waals surface area (Å²) in [5.41, 5.74) is 6.52. The third kappa shape index (κ3) is 4.99. The summed E-state index contributed by atoms with van der Waals surface area (Å²) in [6.45, 7) is 8.90. The van der Waals surface area contributed by atoms with E-state index in [0.29, 0.717) is 18.9 Å². The van der Waals surface area contributed by atoms with Crippen molar-refractivity contribution >= 4 is 18.3 Å². The van der Waals surface area contributed by atoms with Gasteiger partial charge in [-0.1, -0.05) is 39.0 Å². The van der Waals surface area contributed by atoms with Gasteiger partial charge in [0, 0.05) is 6.54 Å². The number of nitrogens with zero attached hydrogens (tertiary/aromatic N) is 2. The molecule has 0 spiro atoms. The average Bonchev–Trinajstić information content (AvgIpc) is 3.04. The molecule has 0 aliphatic carbocycles. The molecule has 0 fully saturated rings. The number of aromatic nitrogens is 2. The molecule has 1 atom stereocenters. The molecule has 0 aliphatic heterocycles. The van der Waals surface area contributed by atoms with Crippen molar-refractivity contribution in [2.45, 2.75) is 39.7 Å². The molecule has 1 aromatic heterocycles. The normalized spacial score (nSPS) is 13.0. The Balaban J connectivity index is 0.00000338. The van der Waals surface area contributed by atoms with Gasteiger partial charge < -0.3 is 15.8 Å². The number of hydrogen-bond acceptors (Lipinski definition) is 4. The summed E-state index contributed by atoms with van der Waals surface area (Å²) in [7, 11) is 0. The Labute approximate surface area is 161 Å². The maximum Gasteiger partial charge on any atom is 0.276 e. The van der Waals surface area contributed by atoms with Gasteiger partial charge in [-0.25, -0.2) is 4.68 Å². The fourth-order valence-corrected chi connectivity index (χ4v) is 2.30. The Morgan fingerprint density at radius 2 is 2.00 bits per heavy atom. The lowest BCUT2D eigenvalue weighted by Gasteiger charge is -2.33. The number of hydrogen-bond donors (Lipinski definition) is 2. The quantitative estimate of drug-likeness (QED) is 0.736. The van der Waals surface area contributed by atoms with Crippen molar-refractivity contribution in [2.75, 3.05) is 13.2 Å². The summed E-state index contributed by atoms with van der Waals surface area (Å²) in [6, 6.07) is 9.64. The fraction of sp³-hybridized carbons (Fsp3) is 0.474. The monoisotopic (exact) mass is 380 g/mol. The Kier molecular flexibility index (Phi) is 8.11. The van der Waals surface area contributed by atoms with Crippen molar-refractivity contribution in [1.29, 1.82) is 0 Å². The minimum atomic E-state index is -0.504. The molecule has 144 valence electrons. The van der Waals surface area contributed by atoms with Crippen LogP contribution < -0.4 is 15.8 Å². The predicted octanol–water partition coefficient (Wildman–Crippen LogP) is 3.19. The van der Waals surface area contributed by atoms with Crippen molar-refractivity contribution in [3.63, 3.8) is 0 Å². The SMILES string of the molecule is CCCOc1cn(-c2ccccc2)nc1C(=O)NC(C)(CN)C(C)C.Cl. The third-order valence-corrected chi connectivity index (χ3v) is 4.48. The molecular weight excluding hydrogens is 352 g/mol. The number of carbonyl (C=O) groups is 1. The first kappa shape index (κ1) is 22.0. The minimum Gasteiger partial charge on any atom is -0.489 e. The van der Waals surface area contributed by atoms with Crippen LogP contribution in [0.3, 0.4) is 0 Å². The molecular formula is C19H29ClN4O2. The van der Waals surface area contributed by atoms with Crippen molar-refractivity contribution in [2.24, 2.45) is 11.7 Å². The molecule has 2 rings (SSSR count). The zero-order chi connectivity index (χ0) is 18.4. The van der Waals surface area contributed by atoms with E-state index in [4.69, 9.17) is 10.5 Å². The Morgan fingerprint density at radius 3 is 2.54 bits per heavy atom. The molecule has 0 aliphatic rings. The predicted molar refractivity (Wildman–Crippen MR) is 106 cm³/mol. The highest BCUT2D eigenvalue weighted by atomic mass is 35.5. The van der Waals surface area contributed by atoms with Gasteiger partial charge in [-0.15, -0.1) is 12.4 Å². The van der Waals surface area contributed by atoms with E-state index >= 15 is 0 Å². The minimum absolute atomic E-state index is 0. The van der Waals surface area contributed by atoms with E-state index in [-0.39, 0.29) is 29.9 Å². The first-order chi connectivity index (χ1) is 11.9. The van der Waals surface area contributed by atoms with Crippen molar-refractivity contribution in [3.05, 3.63) is 42.2 Å². The van der Waals surface area contributed by atoms with E-state index < -0.39 is 5.54 Å². The summed E-state index contributed by atoms with van der Waals surface area (Å²) < 4.78 is 7.40. The number of nitrogens with one attached hydrogen (secondary N) is 1. The number of para-hydroxylation sites is 1. The number of benzene rings is 1. The smallest absolute Gasteiger partial charge is 0.276 e. The van der Waals surface area contributed by atoms with Gasteiger partial charge in [0.1, 0.15) is 0 Å². The number of halogens is 1. The van der Waals surface area contributed by atoms with Gasteiger partial charge in [0.25, 0.3) is 5.91 Å². The molecule has 0 bridgehead atoms. The van der Waals surface area contributed by atoms with Crippen molar-refractivity contribution in [3.8, 4) is 11.4 Å². The fourth-order valence-electron chi connectivity index (χ4n) is 2.30. The Bertz CT molecular complexity index is 703. The highest BCUT2D eigenvalue weighted by Crippen LogP contribution is 2.22. The van der Waals surface area contributed by atoms with E-state index in [0.717, 1.165) is 12.1 Å². The number of amides is 1. The molecule has 1 unspecified atom stereocenters. The van der Waals surface area contributed by atoms with Crippen LogP contribution in [-0.2, 0) is 0 Å². The van der Waals surface area contributed by atoms with Gasteiger partial charge >= 0.3 is 0 Å².